The minimum absolute atomic E-state index is 0. The van der Waals surface area contributed by atoms with E-state index >= 15 is 0 Å². The molecule has 2 atom stereocenters. The summed E-state index contributed by atoms with van der Waals surface area (Å²) in [5.41, 5.74) is 0.992. The third-order valence-corrected chi connectivity index (χ3v) is 3.95. The Morgan fingerprint density at radius 2 is 2.12 bits per heavy atom. The minimum atomic E-state index is -4.22. The van der Waals surface area contributed by atoms with E-state index in [4.69, 9.17) is 0 Å². The van der Waals surface area contributed by atoms with Gasteiger partial charge in [-0.3, -0.25) is 14.4 Å². The van der Waals surface area contributed by atoms with Gasteiger partial charge in [0.05, 0.1) is 18.7 Å². The molecule has 0 radical (unpaired) electrons. The summed E-state index contributed by atoms with van der Waals surface area (Å²) in [4.78, 5) is 13.4. The molecule has 1 aromatic heterocycles. The molecule has 0 unspecified atom stereocenters. The molecule has 1 aliphatic heterocycles. The summed E-state index contributed by atoms with van der Waals surface area (Å²) in [6.45, 7) is 0.623. The molecule has 2 N–H and O–H groups in total. The van der Waals surface area contributed by atoms with E-state index in [9.17, 15) is 18.0 Å². The molecule has 146 valence electrons. The van der Waals surface area contributed by atoms with E-state index in [-0.39, 0.29) is 55.6 Å². The second-order valence-electron chi connectivity index (χ2n) is 5.96. The van der Waals surface area contributed by atoms with Crippen molar-refractivity contribution >= 4 is 30.7 Å². The molecule has 1 amide bonds. The van der Waals surface area contributed by atoms with Gasteiger partial charge in [-0.05, 0) is 12.6 Å². The zero-order valence-corrected chi connectivity index (χ0v) is 15.7. The Morgan fingerprint density at radius 1 is 1.44 bits per heavy atom. The third-order valence-electron chi connectivity index (χ3n) is 3.95. The van der Waals surface area contributed by atoms with Gasteiger partial charge in [-0.1, -0.05) is 0 Å². The van der Waals surface area contributed by atoms with Crippen molar-refractivity contribution in [3.63, 3.8) is 0 Å². The fourth-order valence-electron chi connectivity index (χ4n) is 2.82. The van der Waals surface area contributed by atoms with Crippen LogP contribution in [0, 0.1) is 5.92 Å². The molecule has 25 heavy (non-hydrogen) atoms. The van der Waals surface area contributed by atoms with Crippen molar-refractivity contribution < 1.29 is 18.0 Å². The summed E-state index contributed by atoms with van der Waals surface area (Å²) >= 11 is 0. The van der Waals surface area contributed by atoms with Gasteiger partial charge in [0.1, 0.15) is 0 Å². The Bertz CT molecular complexity index is 541. The van der Waals surface area contributed by atoms with Gasteiger partial charge in [0.2, 0.25) is 5.91 Å². The summed E-state index contributed by atoms with van der Waals surface area (Å²) in [5, 5.41) is 10.0. The van der Waals surface area contributed by atoms with Gasteiger partial charge >= 0.3 is 6.18 Å². The quantitative estimate of drug-likeness (QED) is 0.745. The molecule has 0 spiro atoms. The molecule has 6 nitrogen and oxygen atoms in total. The maximum atomic E-state index is 12.3. The lowest BCUT2D eigenvalue weighted by Gasteiger charge is -2.20. The first-order valence-electron chi connectivity index (χ1n) is 7.48. The number of hydrogen-bond acceptors (Lipinski definition) is 4. The van der Waals surface area contributed by atoms with E-state index in [1.54, 1.807) is 10.9 Å². The standard InChI is InChI=1S/C14H22F3N5O.2ClH/c1-21(9-14(15,16)17)4-3-19-13(23)12-7-18-6-11(12)10-5-20-22(2)8-10;;/h5,8,11-12,18H,3-4,6-7,9H2,1-2H3,(H,19,23);2*1H/t11-,12+;;/m1../s1. The normalized spacial score (nSPS) is 20.1. The van der Waals surface area contributed by atoms with Crippen LogP contribution < -0.4 is 10.6 Å². The summed E-state index contributed by atoms with van der Waals surface area (Å²) in [6.07, 6.45) is -0.594. The van der Waals surface area contributed by atoms with Gasteiger partial charge < -0.3 is 10.6 Å². The number of likely N-dealkylation sites (N-methyl/N-ethyl adjacent to an activating group) is 1. The maximum Gasteiger partial charge on any atom is 0.401 e. The first-order chi connectivity index (χ1) is 10.8. The van der Waals surface area contributed by atoms with Crippen molar-refractivity contribution in [3.05, 3.63) is 18.0 Å². The number of alkyl halides is 3. The average molecular weight is 406 g/mol. The van der Waals surface area contributed by atoms with E-state index in [2.05, 4.69) is 15.7 Å². The number of nitrogens with one attached hydrogen (secondary N) is 2. The predicted molar refractivity (Wildman–Crippen MR) is 93.4 cm³/mol. The molecular weight excluding hydrogens is 382 g/mol. The molecule has 1 aromatic rings. The van der Waals surface area contributed by atoms with Crippen LogP contribution in [-0.2, 0) is 11.8 Å². The van der Waals surface area contributed by atoms with Crippen molar-refractivity contribution in [1.82, 2.24) is 25.3 Å². The van der Waals surface area contributed by atoms with Gasteiger partial charge in [-0.2, -0.15) is 18.3 Å². The van der Waals surface area contributed by atoms with Gasteiger partial charge in [-0.15, -0.1) is 24.8 Å². The SMILES string of the molecule is CN(CCNC(=O)[C@H]1CNC[C@@H]1c1cnn(C)c1)CC(F)(F)F.Cl.Cl. The summed E-state index contributed by atoms with van der Waals surface area (Å²) in [6, 6.07) is 0. The lowest BCUT2D eigenvalue weighted by Crippen LogP contribution is -2.40. The van der Waals surface area contributed by atoms with Crippen molar-refractivity contribution in [2.24, 2.45) is 13.0 Å². The molecule has 11 heteroatoms. The van der Waals surface area contributed by atoms with Crippen molar-refractivity contribution in [3.8, 4) is 0 Å². The molecule has 0 saturated carbocycles. The number of rotatable bonds is 6. The van der Waals surface area contributed by atoms with Crippen molar-refractivity contribution in [1.29, 1.82) is 0 Å². The fraction of sp³-hybridized carbons (Fsp3) is 0.714. The lowest BCUT2D eigenvalue weighted by atomic mass is 9.90. The lowest BCUT2D eigenvalue weighted by molar-refractivity contribution is -0.142. The minimum Gasteiger partial charge on any atom is -0.355 e. The van der Waals surface area contributed by atoms with E-state index < -0.39 is 12.7 Å². The molecule has 1 aliphatic rings. The molecule has 2 rings (SSSR count). The zero-order valence-electron chi connectivity index (χ0n) is 14.0. The van der Waals surface area contributed by atoms with Crippen LogP contribution in [0.2, 0.25) is 0 Å². The van der Waals surface area contributed by atoms with E-state index in [0.29, 0.717) is 13.1 Å². The van der Waals surface area contributed by atoms with Crippen molar-refractivity contribution in [2.75, 3.05) is 39.8 Å². The molecular formula is C14H24Cl2F3N5O. The average Bonchev–Trinajstić information content (AvgIpc) is 3.04. The summed E-state index contributed by atoms with van der Waals surface area (Å²) in [7, 11) is 3.20. The molecule has 0 bridgehead atoms. The van der Waals surface area contributed by atoms with E-state index in [0.717, 1.165) is 10.5 Å². The Hall–Kier alpha value is -1.03. The molecule has 0 aliphatic carbocycles. The highest BCUT2D eigenvalue weighted by molar-refractivity contribution is 5.85. The van der Waals surface area contributed by atoms with Crippen LogP contribution >= 0.6 is 24.8 Å². The third kappa shape index (κ3) is 7.39. The Kier molecular flexibility index (Phi) is 9.78. The summed E-state index contributed by atoms with van der Waals surface area (Å²) in [5.74, 6) is -0.326. The molecule has 0 aromatic carbocycles. The number of aryl methyl sites for hydroxylation is 1. The molecule has 2 heterocycles. The van der Waals surface area contributed by atoms with Crippen molar-refractivity contribution in [2.45, 2.75) is 12.1 Å². The predicted octanol–water partition coefficient (Wildman–Crippen LogP) is 1.18. The maximum absolute atomic E-state index is 12.3. The number of amides is 1. The van der Waals surface area contributed by atoms with Gasteiger partial charge in [-0.25, -0.2) is 0 Å². The van der Waals surface area contributed by atoms with Crippen LogP contribution in [0.1, 0.15) is 11.5 Å². The monoisotopic (exact) mass is 405 g/mol. The van der Waals surface area contributed by atoms with E-state index in [1.807, 2.05) is 13.2 Å². The van der Waals surface area contributed by atoms with Gasteiger partial charge in [0.15, 0.2) is 0 Å². The number of carbonyl (C=O) groups excluding carboxylic acids is 1. The second kappa shape index (κ2) is 10.2. The van der Waals surface area contributed by atoms with Gasteiger partial charge in [0, 0.05) is 45.3 Å². The fourth-order valence-corrected chi connectivity index (χ4v) is 2.82. The van der Waals surface area contributed by atoms with E-state index in [1.165, 1.54) is 7.05 Å². The van der Waals surface area contributed by atoms with Crippen LogP contribution in [0.25, 0.3) is 0 Å². The van der Waals surface area contributed by atoms with Gasteiger partial charge in [0.25, 0.3) is 0 Å². The highest BCUT2D eigenvalue weighted by Crippen LogP contribution is 2.27. The number of nitrogens with zero attached hydrogens (tertiary/aromatic N) is 3. The molecule has 1 fully saturated rings. The second-order valence-corrected chi connectivity index (χ2v) is 5.96. The van der Waals surface area contributed by atoms with Crippen LogP contribution in [0.4, 0.5) is 13.2 Å². The van der Waals surface area contributed by atoms with Crippen LogP contribution in [-0.4, -0.2) is 66.5 Å². The van der Waals surface area contributed by atoms with Crippen LogP contribution in [0.15, 0.2) is 12.4 Å². The Labute approximate surface area is 157 Å². The smallest absolute Gasteiger partial charge is 0.355 e. The highest BCUT2D eigenvalue weighted by atomic mass is 35.5. The zero-order chi connectivity index (χ0) is 17.0. The number of carbonyl (C=O) groups is 1. The molecule has 1 saturated heterocycles. The van der Waals surface area contributed by atoms with Crippen LogP contribution in [0.5, 0.6) is 0 Å². The van der Waals surface area contributed by atoms with Crippen LogP contribution in [0.3, 0.4) is 0 Å². The summed E-state index contributed by atoms with van der Waals surface area (Å²) < 4.78 is 38.4. The number of aromatic nitrogens is 2. The highest BCUT2D eigenvalue weighted by Gasteiger charge is 2.34. The Balaban J connectivity index is 0.00000288. The Morgan fingerprint density at radius 3 is 2.68 bits per heavy atom. The first-order valence-corrected chi connectivity index (χ1v) is 7.48. The first kappa shape index (κ1) is 24.0. The topological polar surface area (TPSA) is 62.2 Å². The number of hydrogen-bond donors (Lipinski definition) is 2. The largest absolute Gasteiger partial charge is 0.401 e. The number of halogens is 5.